The van der Waals surface area contributed by atoms with E-state index >= 15 is 0 Å². The molecule has 1 fully saturated rings. The first-order valence-electron chi connectivity index (χ1n) is 7.54. The van der Waals surface area contributed by atoms with Crippen molar-refractivity contribution in [2.45, 2.75) is 38.6 Å². The van der Waals surface area contributed by atoms with Crippen molar-refractivity contribution in [3.05, 3.63) is 22.9 Å². The van der Waals surface area contributed by atoms with Crippen LogP contribution >= 0.6 is 0 Å². The Morgan fingerprint density at radius 3 is 2.95 bits per heavy atom. The van der Waals surface area contributed by atoms with Crippen LogP contribution in [0.5, 0.6) is 0 Å². The molecule has 1 aromatic heterocycles. The summed E-state index contributed by atoms with van der Waals surface area (Å²) in [5.74, 6) is 0.674. The van der Waals surface area contributed by atoms with E-state index in [2.05, 4.69) is 15.2 Å². The number of amides is 1. The van der Waals surface area contributed by atoms with E-state index in [1.165, 1.54) is 5.56 Å². The van der Waals surface area contributed by atoms with Gasteiger partial charge >= 0.3 is 0 Å². The van der Waals surface area contributed by atoms with Crippen molar-refractivity contribution in [2.75, 3.05) is 18.9 Å². The second-order valence-electron chi connectivity index (χ2n) is 6.18. The normalized spacial score (nSPS) is 24.9. The Labute approximate surface area is 124 Å². The lowest BCUT2D eigenvalue weighted by Gasteiger charge is -2.18. The molecule has 2 unspecified atom stereocenters. The van der Waals surface area contributed by atoms with Gasteiger partial charge in [0.1, 0.15) is 12.1 Å². The van der Waals surface area contributed by atoms with E-state index in [0.717, 1.165) is 43.4 Å². The number of aryl methyl sites for hydroxylation is 1. The Balaban J connectivity index is 1.77. The number of anilines is 1. The van der Waals surface area contributed by atoms with E-state index in [-0.39, 0.29) is 17.9 Å². The Hall–Kier alpha value is -1.75. The third-order valence-corrected chi connectivity index (χ3v) is 4.62. The summed E-state index contributed by atoms with van der Waals surface area (Å²) in [7, 11) is 1.98. The van der Waals surface area contributed by atoms with E-state index in [0.29, 0.717) is 12.2 Å². The van der Waals surface area contributed by atoms with Crippen molar-refractivity contribution in [3.8, 4) is 0 Å². The predicted molar refractivity (Wildman–Crippen MR) is 80.2 cm³/mol. The van der Waals surface area contributed by atoms with Crippen LogP contribution in [0, 0.1) is 12.8 Å². The van der Waals surface area contributed by atoms with Crippen molar-refractivity contribution in [1.29, 1.82) is 0 Å². The van der Waals surface area contributed by atoms with Crippen LogP contribution in [0.3, 0.4) is 0 Å². The number of nitrogens with zero attached hydrogens (tertiary/aromatic N) is 2. The molecule has 5 nitrogen and oxygen atoms in total. The van der Waals surface area contributed by atoms with Gasteiger partial charge in [-0.2, -0.15) is 0 Å². The van der Waals surface area contributed by atoms with E-state index in [1.807, 2.05) is 20.0 Å². The minimum atomic E-state index is -0.0527. The quantitative estimate of drug-likeness (QED) is 0.852. The highest BCUT2D eigenvalue weighted by atomic mass is 16.2. The number of carbonyl (C=O) groups excluding carboxylic acids is 2. The van der Waals surface area contributed by atoms with Crippen LogP contribution in [0.2, 0.25) is 0 Å². The lowest BCUT2D eigenvalue weighted by atomic mass is 10.1. The molecule has 21 heavy (non-hydrogen) atoms. The van der Waals surface area contributed by atoms with Gasteiger partial charge < -0.3 is 10.1 Å². The monoisotopic (exact) mass is 287 g/mol. The summed E-state index contributed by atoms with van der Waals surface area (Å²) >= 11 is 0. The highest BCUT2D eigenvalue weighted by molar-refractivity contribution is 5.94. The number of carbonyl (C=O) groups is 2. The number of hydrogen-bond acceptors (Lipinski definition) is 4. The molecule has 1 aliphatic heterocycles. The average molecular weight is 287 g/mol. The number of pyridine rings is 1. The minimum absolute atomic E-state index is 0.0202. The number of likely N-dealkylation sites (N-methyl/N-ethyl adjacent to an activating group) is 1. The lowest BCUT2D eigenvalue weighted by Crippen LogP contribution is -2.37. The molecule has 1 saturated heterocycles. The van der Waals surface area contributed by atoms with Gasteiger partial charge in [0.2, 0.25) is 5.91 Å². The summed E-state index contributed by atoms with van der Waals surface area (Å²) in [6, 6.07) is 1.86. The fourth-order valence-electron chi connectivity index (χ4n) is 3.41. The molecule has 2 aliphatic rings. The third-order valence-electron chi connectivity index (χ3n) is 4.62. The Bertz CT molecular complexity index is 585. The van der Waals surface area contributed by atoms with Gasteiger partial charge in [0.05, 0.1) is 6.04 Å². The molecule has 2 heterocycles. The highest BCUT2D eigenvalue weighted by Crippen LogP contribution is 2.29. The van der Waals surface area contributed by atoms with Crippen molar-refractivity contribution in [2.24, 2.45) is 5.92 Å². The first-order chi connectivity index (χ1) is 10.1. The first-order valence-corrected chi connectivity index (χ1v) is 7.54. The molecule has 1 N–H and O–H groups in total. The summed E-state index contributed by atoms with van der Waals surface area (Å²) in [4.78, 5) is 29.9. The van der Waals surface area contributed by atoms with Gasteiger partial charge in [0, 0.05) is 11.6 Å². The topological polar surface area (TPSA) is 62.3 Å². The maximum absolute atomic E-state index is 12.3. The van der Waals surface area contributed by atoms with E-state index in [1.54, 1.807) is 0 Å². The van der Waals surface area contributed by atoms with Gasteiger partial charge in [-0.3, -0.25) is 9.69 Å². The second kappa shape index (κ2) is 5.56. The SMILES string of the molecule is Cc1cc(NC(=O)C2CCCN2C)nc2c1CC(C=O)C2. The molecule has 0 aromatic carbocycles. The van der Waals surface area contributed by atoms with Crippen molar-refractivity contribution >= 4 is 18.0 Å². The molecule has 3 rings (SSSR count). The zero-order chi connectivity index (χ0) is 15.0. The first kappa shape index (κ1) is 14.2. The van der Waals surface area contributed by atoms with Crippen LogP contribution in [-0.4, -0.2) is 41.7 Å². The third kappa shape index (κ3) is 2.70. The number of aromatic nitrogens is 1. The number of fused-ring (bicyclic) bond motifs is 1. The van der Waals surface area contributed by atoms with Crippen molar-refractivity contribution in [1.82, 2.24) is 9.88 Å². The van der Waals surface area contributed by atoms with Gasteiger partial charge in [0.25, 0.3) is 0 Å². The molecule has 1 aromatic rings. The van der Waals surface area contributed by atoms with Gasteiger partial charge in [-0.05, 0) is 63.4 Å². The molecule has 2 atom stereocenters. The molecular formula is C16H21N3O2. The highest BCUT2D eigenvalue weighted by Gasteiger charge is 2.29. The van der Waals surface area contributed by atoms with Crippen LogP contribution < -0.4 is 5.32 Å². The fourth-order valence-corrected chi connectivity index (χ4v) is 3.41. The predicted octanol–water partition coefficient (Wildman–Crippen LogP) is 1.34. The number of aldehydes is 1. The molecule has 0 radical (unpaired) electrons. The van der Waals surface area contributed by atoms with Gasteiger partial charge in [-0.15, -0.1) is 0 Å². The summed E-state index contributed by atoms with van der Waals surface area (Å²) in [5.41, 5.74) is 3.24. The maximum atomic E-state index is 12.3. The standard InChI is InChI=1S/C16H21N3O2/c1-10-6-15(17-13-8-11(9-20)7-12(10)13)18-16(21)14-4-3-5-19(14)2/h6,9,11,14H,3-5,7-8H2,1-2H3,(H,17,18,21). The van der Waals surface area contributed by atoms with Gasteiger partial charge in [0.15, 0.2) is 0 Å². The molecule has 0 spiro atoms. The number of rotatable bonds is 3. The van der Waals surface area contributed by atoms with Crippen LogP contribution in [0.25, 0.3) is 0 Å². The van der Waals surface area contributed by atoms with Crippen molar-refractivity contribution < 1.29 is 9.59 Å². The van der Waals surface area contributed by atoms with Crippen LogP contribution in [-0.2, 0) is 22.4 Å². The molecule has 0 saturated carbocycles. The minimum Gasteiger partial charge on any atom is -0.309 e. The molecule has 5 heteroatoms. The molecule has 1 aliphatic carbocycles. The lowest BCUT2D eigenvalue weighted by molar-refractivity contribution is -0.120. The van der Waals surface area contributed by atoms with E-state index < -0.39 is 0 Å². The smallest absolute Gasteiger partial charge is 0.242 e. The summed E-state index contributed by atoms with van der Waals surface area (Å²) in [6.07, 6.45) is 4.43. The summed E-state index contributed by atoms with van der Waals surface area (Å²) < 4.78 is 0. The second-order valence-corrected chi connectivity index (χ2v) is 6.18. The maximum Gasteiger partial charge on any atom is 0.242 e. The molecular weight excluding hydrogens is 266 g/mol. The number of hydrogen-bond donors (Lipinski definition) is 1. The molecule has 112 valence electrons. The van der Waals surface area contributed by atoms with Crippen LogP contribution in [0.4, 0.5) is 5.82 Å². The summed E-state index contributed by atoms with van der Waals surface area (Å²) in [6.45, 7) is 2.99. The average Bonchev–Trinajstić information content (AvgIpc) is 3.04. The van der Waals surface area contributed by atoms with E-state index in [4.69, 9.17) is 0 Å². The van der Waals surface area contributed by atoms with Crippen LogP contribution in [0.1, 0.15) is 29.7 Å². The number of nitrogens with one attached hydrogen (secondary N) is 1. The summed E-state index contributed by atoms with van der Waals surface area (Å²) in [5, 5.41) is 2.94. The van der Waals surface area contributed by atoms with Crippen molar-refractivity contribution in [3.63, 3.8) is 0 Å². The molecule has 1 amide bonds. The molecule has 0 bridgehead atoms. The Morgan fingerprint density at radius 2 is 2.29 bits per heavy atom. The Kier molecular flexibility index (Phi) is 3.76. The van der Waals surface area contributed by atoms with Gasteiger partial charge in [-0.1, -0.05) is 0 Å². The zero-order valence-electron chi connectivity index (χ0n) is 12.6. The van der Waals surface area contributed by atoms with E-state index in [9.17, 15) is 9.59 Å². The largest absolute Gasteiger partial charge is 0.309 e. The number of likely N-dealkylation sites (tertiary alicyclic amines) is 1. The van der Waals surface area contributed by atoms with Crippen LogP contribution in [0.15, 0.2) is 6.07 Å². The Morgan fingerprint density at radius 1 is 1.48 bits per heavy atom. The zero-order valence-corrected chi connectivity index (χ0v) is 12.6. The van der Waals surface area contributed by atoms with Gasteiger partial charge in [-0.25, -0.2) is 4.98 Å². The fraction of sp³-hybridized carbons (Fsp3) is 0.562.